The third-order valence-corrected chi connectivity index (χ3v) is 7.03. The molecule has 0 fully saturated rings. The highest BCUT2D eigenvalue weighted by atomic mass is 35.5. The molecule has 0 spiro atoms. The van der Waals surface area contributed by atoms with E-state index in [1.807, 2.05) is 12.1 Å². The molecule has 0 saturated heterocycles. The summed E-state index contributed by atoms with van der Waals surface area (Å²) in [6.45, 7) is 1.54. The molecule has 4 rings (SSSR count). The van der Waals surface area contributed by atoms with E-state index < -0.39 is 22.0 Å². The van der Waals surface area contributed by atoms with Crippen LogP contribution in [-0.2, 0) is 14.8 Å². The highest BCUT2D eigenvalue weighted by Gasteiger charge is 2.40. The lowest BCUT2D eigenvalue weighted by Crippen LogP contribution is -2.44. The van der Waals surface area contributed by atoms with Crippen LogP contribution in [0.5, 0.6) is 0 Å². The van der Waals surface area contributed by atoms with Crippen molar-refractivity contribution in [2.75, 3.05) is 9.62 Å². The number of benzene rings is 3. The molecule has 0 radical (unpaired) electrons. The highest BCUT2D eigenvalue weighted by Crippen LogP contribution is 2.43. The van der Waals surface area contributed by atoms with Crippen LogP contribution in [0.2, 0.25) is 10.0 Å². The summed E-state index contributed by atoms with van der Waals surface area (Å²) in [5, 5.41) is 4.82. The summed E-state index contributed by atoms with van der Waals surface area (Å²) < 4.78 is 27.3. The van der Waals surface area contributed by atoms with Crippen LogP contribution in [0.4, 0.5) is 11.4 Å². The Labute approximate surface area is 166 Å². The Hall–Kier alpha value is -2.28. The van der Waals surface area contributed by atoms with Gasteiger partial charge in [-0.15, -0.1) is 0 Å². The van der Waals surface area contributed by atoms with Gasteiger partial charge in [-0.05, 0) is 42.6 Å². The summed E-state index contributed by atoms with van der Waals surface area (Å²) >= 11 is 12.0. The number of amides is 1. The van der Waals surface area contributed by atoms with E-state index in [2.05, 4.69) is 5.32 Å². The second kappa shape index (κ2) is 6.41. The van der Waals surface area contributed by atoms with Crippen LogP contribution in [0.25, 0.3) is 10.8 Å². The van der Waals surface area contributed by atoms with Gasteiger partial charge in [0, 0.05) is 10.4 Å². The second-order valence-electron chi connectivity index (χ2n) is 6.22. The smallest absolute Gasteiger partial charge is 0.265 e. The van der Waals surface area contributed by atoms with E-state index in [1.54, 1.807) is 36.4 Å². The Bertz CT molecular complexity index is 1190. The van der Waals surface area contributed by atoms with Crippen LogP contribution < -0.4 is 9.62 Å². The van der Waals surface area contributed by atoms with Gasteiger partial charge >= 0.3 is 0 Å². The van der Waals surface area contributed by atoms with E-state index in [0.29, 0.717) is 26.8 Å². The number of carbonyl (C=O) groups excluding carboxylic acids is 1. The number of sulfonamides is 1. The van der Waals surface area contributed by atoms with Crippen LogP contribution >= 0.6 is 23.2 Å². The van der Waals surface area contributed by atoms with Crippen LogP contribution in [0, 0.1) is 0 Å². The van der Waals surface area contributed by atoms with Crippen LogP contribution in [-0.4, -0.2) is 20.4 Å². The summed E-state index contributed by atoms with van der Waals surface area (Å²) in [6.07, 6.45) is 0. The second-order valence-corrected chi connectivity index (χ2v) is 8.85. The maximum atomic E-state index is 13.1. The summed E-state index contributed by atoms with van der Waals surface area (Å²) in [7, 11) is -3.84. The maximum absolute atomic E-state index is 13.1. The summed E-state index contributed by atoms with van der Waals surface area (Å²) in [5.74, 6) is -0.507. The molecule has 1 aliphatic rings. The van der Waals surface area contributed by atoms with E-state index >= 15 is 0 Å². The summed E-state index contributed by atoms with van der Waals surface area (Å²) in [6, 6.07) is 14.1. The monoisotopic (exact) mass is 420 g/mol. The zero-order chi connectivity index (χ0) is 19.3. The zero-order valence-electron chi connectivity index (χ0n) is 14.1. The first-order valence-electron chi connectivity index (χ1n) is 8.13. The molecular formula is C19H14Cl2N2O3S. The van der Waals surface area contributed by atoms with Crippen molar-refractivity contribution in [2.45, 2.75) is 17.9 Å². The maximum Gasteiger partial charge on any atom is 0.265 e. The Morgan fingerprint density at radius 2 is 1.78 bits per heavy atom. The predicted octanol–water partition coefficient (Wildman–Crippen LogP) is 4.68. The number of hydrogen-bond donors (Lipinski definition) is 1. The molecule has 1 aliphatic heterocycles. The van der Waals surface area contributed by atoms with Gasteiger partial charge in [0.25, 0.3) is 10.0 Å². The van der Waals surface area contributed by atoms with Crippen LogP contribution in [0.3, 0.4) is 0 Å². The summed E-state index contributed by atoms with van der Waals surface area (Å²) in [5.41, 5.74) is 0.816. The number of anilines is 2. The van der Waals surface area contributed by atoms with Gasteiger partial charge in [0.1, 0.15) is 6.04 Å². The number of halogens is 2. The van der Waals surface area contributed by atoms with E-state index in [4.69, 9.17) is 23.2 Å². The van der Waals surface area contributed by atoms with E-state index in [-0.39, 0.29) is 4.90 Å². The fourth-order valence-electron chi connectivity index (χ4n) is 3.28. The topological polar surface area (TPSA) is 66.5 Å². The van der Waals surface area contributed by atoms with Crippen molar-refractivity contribution in [3.05, 3.63) is 64.6 Å². The van der Waals surface area contributed by atoms with Gasteiger partial charge in [-0.2, -0.15) is 0 Å². The van der Waals surface area contributed by atoms with Crippen LogP contribution in [0.1, 0.15) is 6.92 Å². The zero-order valence-corrected chi connectivity index (χ0v) is 16.4. The van der Waals surface area contributed by atoms with Crippen molar-refractivity contribution in [3.8, 4) is 0 Å². The molecule has 3 aromatic rings. The van der Waals surface area contributed by atoms with Crippen LogP contribution in [0.15, 0.2) is 59.5 Å². The molecule has 1 atom stereocenters. The normalized spacial score (nSPS) is 15.7. The average Bonchev–Trinajstić information content (AvgIpc) is 2.86. The predicted molar refractivity (Wildman–Crippen MR) is 108 cm³/mol. The van der Waals surface area contributed by atoms with Gasteiger partial charge in [0.05, 0.1) is 21.3 Å². The first-order chi connectivity index (χ1) is 12.8. The van der Waals surface area contributed by atoms with E-state index in [0.717, 1.165) is 9.69 Å². The minimum atomic E-state index is -3.84. The van der Waals surface area contributed by atoms with Gasteiger partial charge in [-0.25, -0.2) is 8.42 Å². The SMILES string of the molecule is C[C@@H](C(=O)Nc1cc(Cl)ccc1Cl)N1c2cccc3cccc(c23)S1(=O)=O. The fourth-order valence-corrected chi connectivity index (χ4v) is 5.48. The molecule has 1 N–H and O–H groups in total. The highest BCUT2D eigenvalue weighted by molar-refractivity contribution is 7.93. The number of hydrogen-bond acceptors (Lipinski definition) is 3. The largest absolute Gasteiger partial charge is 0.323 e. The third kappa shape index (κ3) is 2.84. The van der Waals surface area contributed by atoms with Crippen molar-refractivity contribution >= 4 is 61.3 Å². The first-order valence-corrected chi connectivity index (χ1v) is 10.3. The van der Waals surface area contributed by atoms with Gasteiger partial charge in [-0.1, -0.05) is 47.5 Å². The molecule has 0 aliphatic carbocycles. The number of nitrogens with one attached hydrogen (secondary N) is 1. The Morgan fingerprint density at radius 3 is 2.52 bits per heavy atom. The molecule has 1 heterocycles. The van der Waals surface area contributed by atoms with Gasteiger partial charge in [0.2, 0.25) is 5.91 Å². The molecule has 3 aromatic carbocycles. The molecule has 5 nitrogen and oxygen atoms in total. The molecule has 27 heavy (non-hydrogen) atoms. The Balaban J connectivity index is 1.74. The van der Waals surface area contributed by atoms with Gasteiger partial charge < -0.3 is 5.32 Å². The van der Waals surface area contributed by atoms with Gasteiger partial charge in [0.15, 0.2) is 0 Å². The first kappa shape index (κ1) is 18.1. The molecular weight excluding hydrogens is 407 g/mol. The molecule has 8 heteroatoms. The summed E-state index contributed by atoms with van der Waals surface area (Å²) in [4.78, 5) is 13.0. The average molecular weight is 421 g/mol. The lowest BCUT2D eigenvalue weighted by Gasteiger charge is -2.25. The number of nitrogens with zero attached hydrogens (tertiary/aromatic N) is 1. The fraction of sp³-hybridized carbons (Fsp3) is 0.105. The number of rotatable bonds is 3. The quantitative estimate of drug-likeness (QED) is 0.668. The third-order valence-electron chi connectivity index (χ3n) is 4.54. The molecule has 0 bridgehead atoms. The van der Waals surface area contributed by atoms with Crippen molar-refractivity contribution in [1.29, 1.82) is 0 Å². The van der Waals surface area contributed by atoms with E-state index in [9.17, 15) is 13.2 Å². The van der Waals surface area contributed by atoms with Crippen molar-refractivity contribution < 1.29 is 13.2 Å². The Morgan fingerprint density at radius 1 is 1.07 bits per heavy atom. The standard InChI is InChI=1S/C19H14Cl2N2O3S/c1-11(19(24)22-15-10-13(20)8-9-14(15)21)23-16-6-2-4-12-5-3-7-17(18(12)16)27(23,25)26/h2-11H,1H3,(H,22,24)/t11-/m0/s1. The van der Waals surface area contributed by atoms with Crippen molar-refractivity contribution in [1.82, 2.24) is 0 Å². The molecule has 0 aromatic heterocycles. The minimum Gasteiger partial charge on any atom is -0.323 e. The molecule has 138 valence electrons. The molecule has 1 amide bonds. The Kier molecular flexibility index (Phi) is 4.29. The minimum absolute atomic E-state index is 0.205. The van der Waals surface area contributed by atoms with E-state index in [1.165, 1.54) is 13.0 Å². The van der Waals surface area contributed by atoms with Crippen molar-refractivity contribution in [3.63, 3.8) is 0 Å². The lowest BCUT2D eigenvalue weighted by molar-refractivity contribution is -0.116. The molecule has 0 unspecified atom stereocenters. The lowest BCUT2D eigenvalue weighted by atomic mass is 10.1. The van der Waals surface area contributed by atoms with Gasteiger partial charge in [-0.3, -0.25) is 9.10 Å². The molecule has 0 saturated carbocycles. The van der Waals surface area contributed by atoms with Crippen molar-refractivity contribution in [2.24, 2.45) is 0 Å². The number of carbonyl (C=O) groups is 1.